The van der Waals surface area contributed by atoms with E-state index in [2.05, 4.69) is 4.98 Å². The van der Waals surface area contributed by atoms with Gasteiger partial charge in [0.2, 0.25) is 0 Å². The van der Waals surface area contributed by atoms with E-state index in [4.69, 9.17) is 4.74 Å². The van der Waals surface area contributed by atoms with E-state index >= 15 is 0 Å². The van der Waals surface area contributed by atoms with E-state index in [1.807, 2.05) is 31.2 Å². The number of carbonyl (C=O) groups is 1. The molecule has 2 aromatic heterocycles. The summed E-state index contributed by atoms with van der Waals surface area (Å²) in [5.74, 6) is 0.176. The molecule has 0 aliphatic heterocycles. The van der Waals surface area contributed by atoms with Gasteiger partial charge in [-0.25, -0.2) is 4.98 Å². The average molecular weight is 401 g/mol. The number of rotatable bonds is 6. The number of aromatic nitrogens is 2. The highest BCUT2D eigenvalue weighted by molar-refractivity contribution is 5.73. The van der Waals surface area contributed by atoms with Gasteiger partial charge >= 0.3 is 5.97 Å². The lowest BCUT2D eigenvalue weighted by molar-refractivity contribution is -0.385. The van der Waals surface area contributed by atoms with Gasteiger partial charge in [-0.3, -0.25) is 19.3 Å². The lowest BCUT2D eigenvalue weighted by Crippen LogP contribution is -2.09. The van der Waals surface area contributed by atoms with E-state index in [0.29, 0.717) is 29.9 Å². The number of hydrogen-bond donors (Lipinski definition) is 0. The smallest absolute Gasteiger partial charge is 0.311 e. The predicted molar refractivity (Wildman–Crippen MR) is 112 cm³/mol. The van der Waals surface area contributed by atoms with Crippen molar-refractivity contribution < 1.29 is 14.5 Å². The molecule has 2 heterocycles. The van der Waals surface area contributed by atoms with E-state index in [9.17, 15) is 14.9 Å². The van der Waals surface area contributed by atoms with Crippen molar-refractivity contribution in [1.29, 1.82) is 0 Å². The molecular formula is C23H19N3O4. The Morgan fingerprint density at radius 2 is 1.77 bits per heavy atom. The Kier molecular flexibility index (Phi) is 5.26. The number of nitro groups is 1. The van der Waals surface area contributed by atoms with Crippen molar-refractivity contribution in [2.45, 2.75) is 19.8 Å². The number of ether oxygens (including phenoxy) is 1. The van der Waals surface area contributed by atoms with Crippen molar-refractivity contribution in [3.05, 3.63) is 94.3 Å². The van der Waals surface area contributed by atoms with Crippen LogP contribution in [0.5, 0.6) is 5.75 Å². The standard InChI is InChI=1S/C23H19N3O4/c1-16-2-4-17(5-3-16)6-13-23(27)30-20-10-7-18(8-11-20)21-15-25-14-19(26(28)29)9-12-22(25)24-21/h2-5,7-12,14-15H,6,13H2,1H3. The zero-order chi connectivity index (χ0) is 21.1. The van der Waals surface area contributed by atoms with Gasteiger partial charge in [-0.2, -0.15) is 0 Å². The zero-order valence-electron chi connectivity index (χ0n) is 16.3. The Balaban J connectivity index is 1.41. The van der Waals surface area contributed by atoms with Crippen LogP contribution < -0.4 is 4.74 Å². The van der Waals surface area contributed by atoms with Crippen molar-refractivity contribution in [3.63, 3.8) is 0 Å². The Labute approximate surface area is 172 Å². The molecule has 30 heavy (non-hydrogen) atoms. The molecule has 0 N–H and O–H groups in total. The number of hydrogen-bond acceptors (Lipinski definition) is 5. The molecule has 0 unspecified atom stereocenters. The van der Waals surface area contributed by atoms with Crippen molar-refractivity contribution in [1.82, 2.24) is 9.38 Å². The normalized spacial score (nSPS) is 10.8. The van der Waals surface area contributed by atoms with Gasteiger partial charge in [0.1, 0.15) is 11.4 Å². The molecule has 0 aliphatic rings. The molecule has 7 nitrogen and oxygen atoms in total. The van der Waals surface area contributed by atoms with Gasteiger partial charge in [-0.1, -0.05) is 29.8 Å². The molecule has 0 amide bonds. The third kappa shape index (κ3) is 4.35. The van der Waals surface area contributed by atoms with Crippen LogP contribution in [0.3, 0.4) is 0 Å². The molecule has 0 atom stereocenters. The number of nitrogens with zero attached hydrogens (tertiary/aromatic N) is 3. The molecule has 4 aromatic rings. The quantitative estimate of drug-likeness (QED) is 0.201. The number of benzene rings is 2. The van der Waals surface area contributed by atoms with Crippen LogP contribution in [-0.2, 0) is 11.2 Å². The maximum Gasteiger partial charge on any atom is 0.311 e. The van der Waals surface area contributed by atoms with Crippen LogP contribution >= 0.6 is 0 Å². The van der Waals surface area contributed by atoms with Crippen LogP contribution in [0.2, 0.25) is 0 Å². The largest absolute Gasteiger partial charge is 0.427 e. The summed E-state index contributed by atoms with van der Waals surface area (Å²) in [4.78, 5) is 27.1. The first-order valence-electron chi connectivity index (χ1n) is 9.48. The van der Waals surface area contributed by atoms with Gasteiger partial charge in [-0.15, -0.1) is 0 Å². The Morgan fingerprint density at radius 3 is 2.47 bits per heavy atom. The van der Waals surface area contributed by atoms with E-state index in [-0.39, 0.29) is 11.7 Å². The highest BCUT2D eigenvalue weighted by atomic mass is 16.6. The van der Waals surface area contributed by atoms with Crippen LogP contribution in [-0.4, -0.2) is 20.3 Å². The van der Waals surface area contributed by atoms with Gasteiger partial charge in [0.25, 0.3) is 5.69 Å². The van der Waals surface area contributed by atoms with Crippen molar-refractivity contribution in [2.75, 3.05) is 0 Å². The maximum absolute atomic E-state index is 12.1. The molecule has 0 spiro atoms. The lowest BCUT2D eigenvalue weighted by atomic mass is 10.1. The molecule has 7 heteroatoms. The monoisotopic (exact) mass is 401 g/mol. The first-order valence-corrected chi connectivity index (χ1v) is 9.48. The van der Waals surface area contributed by atoms with Crippen LogP contribution in [0.1, 0.15) is 17.5 Å². The summed E-state index contributed by atoms with van der Waals surface area (Å²) in [6, 6.07) is 18.1. The van der Waals surface area contributed by atoms with Crippen molar-refractivity contribution in [2.24, 2.45) is 0 Å². The Morgan fingerprint density at radius 1 is 1.03 bits per heavy atom. The third-order valence-corrected chi connectivity index (χ3v) is 4.77. The number of pyridine rings is 1. The highest BCUT2D eigenvalue weighted by Crippen LogP contribution is 2.24. The number of esters is 1. The summed E-state index contributed by atoms with van der Waals surface area (Å²) in [6.07, 6.45) is 4.08. The van der Waals surface area contributed by atoms with Crippen molar-refractivity contribution >= 4 is 17.3 Å². The molecule has 4 rings (SSSR count). The lowest BCUT2D eigenvalue weighted by Gasteiger charge is -2.05. The van der Waals surface area contributed by atoms with Crippen molar-refractivity contribution in [3.8, 4) is 17.0 Å². The van der Waals surface area contributed by atoms with Gasteiger partial charge in [0.05, 0.1) is 16.8 Å². The van der Waals surface area contributed by atoms with Gasteiger partial charge in [0, 0.05) is 24.2 Å². The Hall–Kier alpha value is -4.00. The molecule has 0 fully saturated rings. The number of fused-ring (bicyclic) bond motifs is 1. The first kappa shape index (κ1) is 19.3. The summed E-state index contributed by atoms with van der Waals surface area (Å²) in [5.41, 5.74) is 4.39. The zero-order valence-corrected chi connectivity index (χ0v) is 16.3. The average Bonchev–Trinajstić information content (AvgIpc) is 3.17. The van der Waals surface area contributed by atoms with E-state index < -0.39 is 4.92 Å². The van der Waals surface area contributed by atoms with E-state index in [1.165, 1.54) is 17.8 Å². The molecule has 0 radical (unpaired) electrons. The third-order valence-electron chi connectivity index (χ3n) is 4.77. The minimum Gasteiger partial charge on any atom is -0.427 e. The second-order valence-corrected chi connectivity index (χ2v) is 7.02. The summed E-state index contributed by atoms with van der Waals surface area (Å²) < 4.78 is 7.03. The van der Waals surface area contributed by atoms with Crippen LogP contribution in [0.25, 0.3) is 16.9 Å². The summed E-state index contributed by atoms with van der Waals surface area (Å²) in [5, 5.41) is 10.9. The molecule has 150 valence electrons. The van der Waals surface area contributed by atoms with Crippen LogP contribution in [0.15, 0.2) is 73.1 Å². The molecule has 0 saturated carbocycles. The fraction of sp³-hybridized carbons (Fsp3) is 0.130. The van der Waals surface area contributed by atoms with Gasteiger partial charge in [0.15, 0.2) is 0 Å². The minimum atomic E-state index is -0.443. The van der Waals surface area contributed by atoms with E-state index in [0.717, 1.165) is 11.1 Å². The second-order valence-electron chi connectivity index (χ2n) is 7.02. The summed E-state index contributed by atoms with van der Waals surface area (Å²) in [7, 11) is 0. The molecule has 0 aliphatic carbocycles. The SMILES string of the molecule is Cc1ccc(CCC(=O)Oc2ccc(-c3cn4cc([N+](=O)[O-])ccc4n3)cc2)cc1. The minimum absolute atomic E-state index is 0.000604. The van der Waals surface area contributed by atoms with Crippen LogP contribution in [0.4, 0.5) is 5.69 Å². The molecule has 0 saturated heterocycles. The second kappa shape index (κ2) is 8.16. The van der Waals surface area contributed by atoms with Gasteiger partial charge in [-0.05, 0) is 49.2 Å². The summed E-state index contributed by atoms with van der Waals surface area (Å²) in [6.45, 7) is 2.03. The predicted octanol–water partition coefficient (Wildman–Crippen LogP) is 4.76. The van der Waals surface area contributed by atoms with Crippen LogP contribution in [0, 0.1) is 17.0 Å². The molecule has 0 bridgehead atoms. The van der Waals surface area contributed by atoms with E-state index in [1.54, 1.807) is 40.9 Å². The summed E-state index contributed by atoms with van der Waals surface area (Å²) >= 11 is 0. The topological polar surface area (TPSA) is 86.7 Å². The fourth-order valence-electron chi connectivity index (χ4n) is 3.10. The molecule has 2 aromatic carbocycles. The fourth-order valence-corrected chi connectivity index (χ4v) is 3.10. The number of aryl methyl sites for hydroxylation is 2. The highest BCUT2D eigenvalue weighted by Gasteiger charge is 2.11. The number of imidazole rings is 1. The maximum atomic E-state index is 12.1. The molecular weight excluding hydrogens is 382 g/mol. The number of carbonyl (C=O) groups excluding carboxylic acids is 1. The Bertz CT molecular complexity index is 1210. The first-order chi connectivity index (χ1) is 14.5. The van der Waals surface area contributed by atoms with Gasteiger partial charge < -0.3 is 4.74 Å².